The first-order valence-electron chi connectivity index (χ1n) is 7.31. The number of carbonyl (C=O) groups is 2. The molecule has 0 spiro atoms. The Hall–Kier alpha value is -1.87. The number of Topliss-reactive ketones (excluding diaryl/α,β-unsaturated/α-hetero) is 1. The summed E-state index contributed by atoms with van der Waals surface area (Å²) in [5.41, 5.74) is 0.335. The third-order valence-electron chi connectivity index (χ3n) is 3.70. The molecule has 1 aliphatic heterocycles. The van der Waals surface area contributed by atoms with E-state index in [0.29, 0.717) is 16.6 Å². The Morgan fingerprint density at radius 3 is 3.00 bits per heavy atom. The van der Waals surface area contributed by atoms with Crippen LogP contribution in [0.1, 0.15) is 28.5 Å². The van der Waals surface area contributed by atoms with Crippen LogP contribution in [0, 0.1) is 0 Å². The van der Waals surface area contributed by atoms with Gasteiger partial charge in [-0.2, -0.15) is 4.57 Å². The lowest BCUT2D eigenvalue weighted by molar-refractivity contribution is -0.762. The number of halogens is 1. The summed E-state index contributed by atoms with van der Waals surface area (Å²) in [7, 11) is 0. The molecule has 0 saturated heterocycles. The molecule has 0 radical (unpaired) electrons. The molecule has 0 aliphatic carbocycles. The van der Waals surface area contributed by atoms with Crippen LogP contribution in [0.5, 0.6) is 0 Å². The number of nitrogens with zero attached hydrogens (tertiary/aromatic N) is 3. The molecule has 3 heterocycles. The molecule has 0 aromatic carbocycles. The molecule has 0 fully saturated rings. The maximum Gasteiger partial charge on any atom is 0.334 e. The van der Waals surface area contributed by atoms with Crippen LogP contribution in [0.25, 0.3) is 0 Å². The molecule has 126 valence electrons. The third kappa shape index (κ3) is 3.05. The molecule has 7 nitrogen and oxygen atoms in total. The molecule has 2 aromatic rings. The minimum atomic E-state index is -1.39. The maximum absolute atomic E-state index is 12.6. The summed E-state index contributed by atoms with van der Waals surface area (Å²) >= 11 is 7.14. The summed E-state index contributed by atoms with van der Waals surface area (Å²) in [5, 5.41) is 11.3. The van der Waals surface area contributed by atoms with E-state index < -0.39 is 24.0 Å². The predicted molar refractivity (Wildman–Crippen MR) is 84.9 cm³/mol. The second kappa shape index (κ2) is 6.94. The van der Waals surface area contributed by atoms with Crippen LogP contribution in [0.2, 0.25) is 4.47 Å². The fraction of sp³-hybridized carbons (Fsp3) is 0.333. The lowest BCUT2D eigenvalue weighted by atomic mass is 10.0. The summed E-state index contributed by atoms with van der Waals surface area (Å²) < 4.78 is 6.96. The topological polar surface area (TPSA) is 83.6 Å². The fourth-order valence-corrected chi connectivity index (χ4v) is 3.68. The van der Waals surface area contributed by atoms with E-state index >= 15 is 0 Å². The fourth-order valence-electron chi connectivity index (χ4n) is 2.67. The van der Waals surface area contributed by atoms with Gasteiger partial charge in [0.2, 0.25) is 12.2 Å². The lowest BCUT2D eigenvalue weighted by Crippen LogP contribution is -2.65. The van der Waals surface area contributed by atoms with Crippen molar-refractivity contribution in [2.45, 2.75) is 25.6 Å². The second-order valence-electron chi connectivity index (χ2n) is 5.16. The lowest BCUT2D eigenvalue weighted by Gasteiger charge is -2.31. The second-order valence-corrected chi connectivity index (χ2v) is 6.85. The van der Waals surface area contributed by atoms with E-state index in [9.17, 15) is 14.8 Å². The summed E-state index contributed by atoms with van der Waals surface area (Å²) in [4.78, 5) is 29.5. The average molecular weight is 369 g/mol. The van der Waals surface area contributed by atoms with E-state index in [1.807, 2.05) is 0 Å². The van der Waals surface area contributed by atoms with Gasteiger partial charge in [0.25, 0.3) is 11.5 Å². The number of carbonyl (C=O) groups excluding carboxylic acids is 2. The summed E-state index contributed by atoms with van der Waals surface area (Å²) in [6, 6.07) is 3.69. The van der Waals surface area contributed by atoms with Gasteiger partial charge in [-0.05, 0) is 13.0 Å². The van der Waals surface area contributed by atoms with Crippen molar-refractivity contribution in [2.75, 3.05) is 6.61 Å². The van der Waals surface area contributed by atoms with Gasteiger partial charge >= 0.3 is 5.97 Å². The number of thiazole rings is 1. The summed E-state index contributed by atoms with van der Waals surface area (Å²) in [6.45, 7) is 1.77. The number of pyridine rings is 1. The SMILES string of the molecule is CCOC(=O)C1C(=O)c2cccc[n+]2C(Cc2cnc(Cl)s2)N1O. The zero-order valence-corrected chi connectivity index (χ0v) is 14.3. The molecule has 1 N–H and O–H groups in total. The Labute approximate surface area is 147 Å². The molecule has 0 bridgehead atoms. The van der Waals surface area contributed by atoms with E-state index in [2.05, 4.69) is 4.98 Å². The van der Waals surface area contributed by atoms with Crippen LogP contribution in [0.4, 0.5) is 0 Å². The van der Waals surface area contributed by atoms with Crippen LogP contribution in [-0.2, 0) is 16.0 Å². The van der Waals surface area contributed by atoms with Crippen LogP contribution < -0.4 is 4.57 Å². The van der Waals surface area contributed by atoms with E-state index in [-0.39, 0.29) is 6.61 Å². The quantitative estimate of drug-likeness (QED) is 0.502. The average Bonchev–Trinajstić information content (AvgIpc) is 2.97. The zero-order valence-electron chi connectivity index (χ0n) is 12.8. The Bertz CT molecular complexity index is 782. The number of esters is 1. The Morgan fingerprint density at radius 1 is 1.54 bits per heavy atom. The van der Waals surface area contributed by atoms with E-state index in [0.717, 1.165) is 9.94 Å². The van der Waals surface area contributed by atoms with Gasteiger partial charge in [0, 0.05) is 23.2 Å². The summed E-state index contributed by atoms with van der Waals surface area (Å²) in [6.07, 6.45) is 2.99. The first-order valence-corrected chi connectivity index (χ1v) is 8.50. The molecule has 2 aromatic heterocycles. The first kappa shape index (κ1) is 17.0. The minimum absolute atomic E-state index is 0.125. The molecule has 0 saturated carbocycles. The van der Waals surface area contributed by atoms with Gasteiger partial charge in [-0.1, -0.05) is 11.6 Å². The molecule has 0 amide bonds. The van der Waals surface area contributed by atoms with Gasteiger partial charge in [0.15, 0.2) is 10.7 Å². The molecule has 2 unspecified atom stereocenters. The maximum atomic E-state index is 12.6. The Kier molecular flexibility index (Phi) is 4.91. The van der Waals surface area contributed by atoms with Crippen molar-refractivity contribution in [1.82, 2.24) is 10.0 Å². The number of ether oxygens (including phenoxy) is 1. The van der Waals surface area contributed by atoms with E-state index in [1.54, 1.807) is 42.1 Å². The van der Waals surface area contributed by atoms with Crippen molar-refractivity contribution in [2.24, 2.45) is 0 Å². The molecule has 9 heteroatoms. The highest BCUT2D eigenvalue weighted by Gasteiger charge is 2.50. The number of hydrogen-bond acceptors (Lipinski definition) is 7. The number of ketones is 1. The van der Waals surface area contributed by atoms with Gasteiger partial charge < -0.3 is 9.94 Å². The predicted octanol–water partition coefficient (Wildman–Crippen LogP) is 1.64. The van der Waals surface area contributed by atoms with Gasteiger partial charge in [0.05, 0.1) is 13.0 Å². The zero-order chi connectivity index (χ0) is 17.3. The third-order valence-corrected chi connectivity index (χ3v) is 4.84. The number of hydroxylamine groups is 2. The van der Waals surface area contributed by atoms with Crippen LogP contribution in [-0.4, -0.2) is 39.7 Å². The van der Waals surface area contributed by atoms with Crippen LogP contribution in [0.15, 0.2) is 30.6 Å². The van der Waals surface area contributed by atoms with Crippen molar-refractivity contribution in [3.8, 4) is 0 Å². The Balaban J connectivity index is 2.00. The largest absolute Gasteiger partial charge is 0.464 e. The molecular weight excluding hydrogens is 354 g/mol. The number of hydrogen-bond donors (Lipinski definition) is 1. The van der Waals surface area contributed by atoms with Crippen LogP contribution >= 0.6 is 22.9 Å². The molecule has 1 aliphatic rings. The van der Waals surface area contributed by atoms with E-state index in [1.165, 1.54) is 11.3 Å². The van der Waals surface area contributed by atoms with Gasteiger partial charge in [-0.25, -0.2) is 9.78 Å². The van der Waals surface area contributed by atoms with Crippen molar-refractivity contribution < 1.29 is 24.1 Å². The monoisotopic (exact) mass is 368 g/mol. The standard InChI is InChI=1S/C15H15ClN3O4S/c1-2-23-14(21)12-13(20)10-5-3-4-6-18(10)11(19(12)22)7-9-8-17-15(16)24-9/h3-6,8,11-12,22H,2,7H2,1H3/q+1. The van der Waals surface area contributed by atoms with Gasteiger partial charge in [-0.3, -0.25) is 4.79 Å². The van der Waals surface area contributed by atoms with Crippen molar-refractivity contribution >= 4 is 34.7 Å². The van der Waals surface area contributed by atoms with Crippen molar-refractivity contribution in [1.29, 1.82) is 0 Å². The highest BCUT2D eigenvalue weighted by molar-refractivity contribution is 7.15. The smallest absolute Gasteiger partial charge is 0.334 e. The van der Waals surface area contributed by atoms with Crippen molar-refractivity contribution in [3.63, 3.8) is 0 Å². The molecular formula is C15H15ClN3O4S+. The highest BCUT2D eigenvalue weighted by atomic mass is 35.5. The minimum Gasteiger partial charge on any atom is -0.464 e. The number of fused-ring (bicyclic) bond motifs is 1. The first-order chi connectivity index (χ1) is 11.5. The van der Waals surface area contributed by atoms with Crippen LogP contribution in [0.3, 0.4) is 0 Å². The van der Waals surface area contributed by atoms with Gasteiger partial charge in [-0.15, -0.1) is 16.4 Å². The number of aromatic nitrogens is 2. The normalized spacial score (nSPS) is 20.7. The van der Waals surface area contributed by atoms with E-state index in [4.69, 9.17) is 16.3 Å². The molecule has 2 atom stereocenters. The molecule has 3 rings (SSSR count). The van der Waals surface area contributed by atoms with Gasteiger partial charge in [0.1, 0.15) is 0 Å². The highest BCUT2D eigenvalue weighted by Crippen LogP contribution is 2.26. The molecule has 24 heavy (non-hydrogen) atoms. The summed E-state index contributed by atoms with van der Waals surface area (Å²) in [5.74, 6) is -1.28. The number of rotatable bonds is 4. The van der Waals surface area contributed by atoms with Crippen molar-refractivity contribution in [3.05, 3.63) is 45.6 Å². The Morgan fingerprint density at radius 2 is 2.33 bits per heavy atom.